The van der Waals surface area contributed by atoms with Crippen LogP contribution in [0.2, 0.25) is 0 Å². The smallest absolute Gasteiger partial charge is 0.264 e. The third kappa shape index (κ3) is 20.0. The van der Waals surface area contributed by atoms with Gasteiger partial charge in [-0.3, -0.25) is 9.54 Å². The van der Waals surface area contributed by atoms with Crippen molar-refractivity contribution in [3.05, 3.63) is 30.6 Å². The first kappa shape index (κ1) is 17.2. The van der Waals surface area contributed by atoms with Crippen LogP contribution in [0.4, 0.5) is 0 Å². The van der Waals surface area contributed by atoms with Gasteiger partial charge >= 0.3 is 0 Å². The maximum Gasteiger partial charge on any atom is 0.264 e. The highest BCUT2D eigenvalue weighted by atomic mass is 33.1. The van der Waals surface area contributed by atoms with Crippen molar-refractivity contribution < 1.29 is 13.0 Å². The van der Waals surface area contributed by atoms with Gasteiger partial charge in [0.05, 0.1) is 5.75 Å². The average Bonchev–Trinajstić information content (AvgIpc) is 2.22. The molecule has 0 saturated carbocycles. The Balaban J connectivity index is 0. The van der Waals surface area contributed by atoms with Crippen LogP contribution in [0.25, 0.3) is 0 Å². The molecule has 0 fully saturated rings. The lowest BCUT2D eigenvalue weighted by Crippen LogP contribution is -2.01. The van der Waals surface area contributed by atoms with Crippen LogP contribution >= 0.6 is 23.3 Å². The standard InChI is InChI=1S/C5H5N.C3H8O3S.H2S2/c1-2-4-6-5-3-1;1-2-3-7(4,5)6;1-2/h1-5H;2-3H2,1H3,(H,4,5,6);1-2H. The minimum absolute atomic E-state index is 0.132. The van der Waals surface area contributed by atoms with Crippen LogP contribution < -0.4 is 0 Å². The van der Waals surface area contributed by atoms with E-state index in [1.165, 1.54) is 0 Å². The molecule has 7 heteroatoms. The van der Waals surface area contributed by atoms with Gasteiger partial charge in [-0.25, -0.2) is 0 Å². The van der Waals surface area contributed by atoms with Crippen molar-refractivity contribution in [3.8, 4) is 0 Å². The number of aromatic nitrogens is 1. The summed E-state index contributed by atoms with van der Waals surface area (Å²) in [7, 11) is -3.67. The summed E-state index contributed by atoms with van der Waals surface area (Å²) < 4.78 is 27.6. The van der Waals surface area contributed by atoms with Crippen LogP contribution in [0.5, 0.6) is 0 Å². The molecular formula is C8H15NO3S3. The molecule has 1 N–H and O–H groups in total. The zero-order valence-corrected chi connectivity index (χ0v) is 10.9. The van der Waals surface area contributed by atoms with Crippen LogP contribution in [-0.4, -0.2) is 23.7 Å². The summed E-state index contributed by atoms with van der Waals surface area (Å²) in [5.41, 5.74) is 0. The van der Waals surface area contributed by atoms with Gasteiger partial charge < -0.3 is 0 Å². The lowest BCUT2D eigenvalue weighted by atomic mass is 10.5. The van der Waals surface area contributed by atoms with Gasteiger partial charge in [0.15, 0.2) is 0 Å². The number of rotatable bonds is 2. The Morgan fingerprint density at radius 1 is 1.20 bits per heavy atom. The van der Waals surface area contributed by atoms with E-state index in [0.717, 1.165) is 0 Å². The molecule has 1 aromatic heterocycles. The van der Waals surface area contributed by atoms with E-state index in [0.29, 0.717) is 6.42 Å². The third-order valence-corrected chi connectivity index (χ3v) is 1.95. The van der Waals surface area contributed by atoms with Crippen LogP contribution in [0.1, 0.15) is 13.3 Å². The van der Waals surface area contributed by atoms with E-state index in [4.69, 9.17) is 4.55 Å². The van der Waals surface area contributed by atoms with E-state index in [1.807, 2.05) is 18.2 Å². The molecular weight excluding hydrogens is 254 g/mol. The summed E-state index contributed by atoms with van der Waals surface area (Å²) >= 11 is 6.44. The molecule has 4 nitrogen and oxygen atoms in total. The first-order valence-electron chi connectivity index (χ1n) is 4.06. The predicted octanol–water partition coefficient (Wildman–Crippen LogP) is 2.13. The number of hydrogen-bond acceptors (Lipinski definition) is 5. The van der Waals surface area contributed by atoms with Crippen molar-refractivity contribution >= 4 is 33.4 Å². The van der Waals surface area contributed by atoms with Crippen LogP contribution in [0.15, 0.2) is 30.6 Å². The van der Waals surface area contributed by atoms with Gasteiger partial charge in [0, 0.05) is 12.4 Å². The Morgan fingerprint density at radius 2 is 1.67 bits per heavy atom. The second kappa shape index (κ2) is 11.8. The molecule has 0 saturated heterocycles. The van der Waals surface area contributed by atoms with E-state index in [1.54, 1.807) is 19.3 Å². The monoisotopic (exact) mass is 269 g/mol. The first-order chi connectivity index (χ1) is 7.06. The molecule has 0 atom stereocenters. The molecule has 1 heterocycles. The highest BCUT2D eigenvalue weighted by molar-refractivity contribution is 8.59. The molecule has 0 radical (unpaired) electrons. The maximum atomic E-state index is 9.79. The van der Waals surface area contributed by atoms with Crippen LogP contribution in [0, 0.1) is 0 Å². The highest BCUT2D eigenvalue weighted by Gasteiger charge is 1.98. The van der Waals surface area contributed by atoms with Crippen LogP contribution in [-0.2, 0) is 10.1 Å². The minimum atomic E-state index is -3.67. The van der Waals surface area contributed by atoms with Crippen molar-refractivity contribution in [3.63, 3.8) is 0 Å². The number of thiol groups is 2. The quantitative estimate of drug-likeness (QED) is 0.437. The lowest BCUT2D eigenvalue weighted by molar-refractivity contribution is 0.482. The van der Waals surface area contributed by atoms with Crippen molar-refractivity contribution in [2.75, 3.05) is 5.75 Å². The van der Waals surface area contributed by atoms with E-state index in [9.17, 15) is 8.42 Å². The molecule has 0 aliphatic carbocycles. The fourth-order valence-electron chi connectivity index (χ4n) is 0.571. The lowest BCUT2D eigenvalue weighted by Gasteiger charge is -1.85. The molecule has 0 spiro atoms. The normalized spacial score (nSPS) is 9.07. The van der Waals surface area contributed by atoms with Gasteiger partial charge in [-0.2, -0.15) is 8.42 Å². The Kier molecular flexibility index (Phi) is 13.5. The molecule has 0 amide bonds. The molecule has 0 bridgehead atoms. The summed E-state index contributed by atoms with van der Waals surface area (Å²) in [5.74, 6) is -0.132. The Labute approximate surface area is 101 Å². The molecule has 0 aromatic carbocycles. The fourth-order valence-corrected chi connectivity index (χ4v) is 1.09. The average molecular weight is 269 g/mol. The summed E-state index contributed by atoms with van der Waals surface area (Å²) in [4.78, 5) is 3.78. The Hall–Kier alpha value is -0.240. The molecule has 0 unspecified atom stereocenters. The van der Waals surface area contributed by atoms with Gasteiger partial charge in [-0.1, -0.05) is 13.0 Å². The molecule has 1 rings (SSSR count). The van der Waals surface area contributed by atoms with E-state index < -0.39 is 10.1 Å². The molecule has 0 aliphatic heterocycles. The van der Waals surface area contributed by atoms with Gasteiger partial charge in [0.25, 0.3) is 10.1 Å². The second-order valence-corrected chi connectivity index (χ2v) is 3.88. The van der Waals surface area contributed by atoms with Crippen LogP contribution in [0.3, 0.4) is 0 Å². The largest absolute Gasteiger partial charge is 0.286 e. The summed E-state index contributed by atoms with van der Waals surface area (Å²) in [6.07, 6.45) is 3.97. The first-order valence-corrected chi connectivity index (χ1v) is 7.27. The van der Waals surface area contributed by atoms with Gasteiger partial charge in [0.2, 0.25) is 0 Å². The van der Waals surface area contributed by atoms with Crippen molar-refractivity contribution in [1.82, 2.24) is 4.98 Å². The fraction of sp³-hybridized carbons (Fsp3) is 0.375. The van der Waals surface area contributed by atoms with E-state index >= 15 is 0 Å². The maximum absolute atomic E-state index is 9.79. The van der Waals surface area contributed by atoms with Gasteiger partial charge in [-0.15, -0.1) is 23.3 Å². The SMILES string of the molecule is CCCS(=O)(=O)O.SS.c1ccncc1. The summed E-state index contributed by atoms with van der Waals surface area (Å²) in [6, 6.07) is 5.72. The van der Waals surface area contributed by atoms with Gasteiger partial charge in [-0.05, 0) is 18.6 Å². The zero-order valence-electron chi connectivity index (χ0n) is 8.31. The van der Waals surface area contributed by atoms with Gasteiger partial charge in [0.1, 0.15) is 0 Å². The molecule has 88 valence electrons. The zero-order chi connectivity index (χ0) is 12.2. The van der Waals surface area contributed by atoms with E-state index in [-0.39, 0.29) is 5.75 Å². The molecule has 15 heavy (non-hydrogen) atoms. The molecule has 0 aliphatic rings. The predicted molar refractivity (Wildman–Crippen MR) is 68.9 cm³/mol. The van der Waals surface area contributed by atoms with Crippen molar-refractivity contribution in [2.45, 2.75) is 13.3 Å². The number of nitrogens with zero attached hydrogens (tertiary/aromatic N) is 1. The number of hydrogen-bond donors (Lipinski definition) is 3. The third-order valence-electron chi connectivity index (χ3n) is 1.03. The Morgan fingerprint density at radius 3 is 1.73 bits per heavy atom. The van der Waals surface area contributed by atoms with E-state index in [2.05, 4.69) is 28.3 Å². The molecule has 1 aromatic rings. The summed E-state index contributed by atoms with van der Waals surface area (Å²) in [6.45, 7) is 1.69. The Bertz CT molecular complexity index is 275. The topological polar surface area (TPSA) is 67.3 Å². The highest BCUT2D eigenvalue weighted by Crippen LogP contribution is 1.83. The van der Waals surface area contributed by atoms with Crippen molar-refractivity contribution in [1.29, 1.82) is 0 Å². The second-order valence-electron chi connectivity index (χ2n) is 2.31. The number of pyridine rings is 1. The minimum Gasteiger partial charge on any atom is -0.286 e. The van der Waals surface area contributed by atoms with Crippen molar-refractivity contribution in [2.24, 2.45) is 0 Å². The summed E-state index contributed by atoms with van der Waals surface area (Å²) in [5, 5.41) is 0.